The van der Waals surface area contributed by atoms with Crippen LogP contribution in [-0.4, -0.2) is 38.4 Å². The molecule has 1 rings (SSSR count). The Morgan fingerprint density at radius 1 is 1.33 bits per heavy atom. The van der Waals surface area contributed by atoms with Crippen molar-refractivity contribution in [3.8, 4) is 11.5 Å². The van der Waals surface area contributed by atoms with E-state index >= 15 is 0 Å². The fourth-order valence-corrected chi connectivity index (χ4v) is 1.54. The SMILES string of the molecule is COc1ccc(CC(=O)NCCCO)c(OC)c1. The molecule has 0 atom stereocenters. The van der Waals surface area contributed by atoms with Crippen LogP contribution < -0.4 is 14.8 Å². The third-order valence-electron chi connectivity index (χ3n) is 2.50. The molecular formula is C13H19NO4. The predicted octanol–water partition coefficient (Wildman–Crippen LogP) is 0.745. The highest BCUT2D eigenvalue weighted by Crippen LogP contribution is 2.24. The molecule has 0 heterocycles. The summed E-state index contributed by atoms with van der Waals surface area (Å²) in [6, 6.07) is 5.35. The van der Waals surface area contributed by atoms with Crippen molar-refractivity contribution in [2.24, 2.45) is 0 Å². The minimum atomic E-state index is -0.0908. The lowest BCUT2D eigenvalue weighted by Gasteiger charge is -2.10. The smallest absolute Gasteiger partial charge is 0.224 e. The Morgan fingerprint density at radius 2 is 2.11 bits per heavy atom. The van der Waals surface area contributed by atoms with Gasteiger partial charge in [0, 0.05) is 24.8 Å². The Labute approximate surface area is 107 Å². The largest absolute Gasteiger partial charge is 0.497 e. The molecule has 0 aliphatic carbocycles. The monoisotopic (exact) mass is 253 g/mol. The standard InChI is InChI=1S/C13H19NO4/c1-17-11-5-4-10(12(9-11)18-2)8-13(16)14-6-3-7-15/h4-5,9,15H,3,6-8H2,1-2H3,(H,14,16). The minimum absolute atomic E-state index is 0.0755. The van der Waals surface area contributed by atoms with Gasteiger partial charge in [0.15, 0.2) is 0 Å². The molecule has 0 unspecified atom stereocenters. The first-order valence-corrected chi connectivity index (χ1v) is 5.79. The molecule has 5 heteroatoms. The van der Waals surface area contributed by atoms with E-state index in [0.717, 1.165) is 5.56 Å². The van der Waals surface area contributed by atoms with Crippen molar-refractivity contribution in [2.75, 3.05) is 27.4 Å². The average Bonchev–Trinajstić information content (AvgIpc) is 2.39. The van der Waals surface area contributed by atoms with Gasteiger partial charge in [-0.05, 0) is 12.5 Å². The lowest BCUT2D eigenvalue weighted by Crippen LogP contribution is -2.26. The molecule has 0 bridgehead atoms. The summed E-state index contributed by atoms with van der Waals surface area (Å²) in [5.41, 5.74) is 0.805. The van der Waals surface area contributed by atoms with E-state index < -0.39 is 0 Å². The Kier molecular flexibility index (Phi) is 6.00. The molecule has 2 N–H and O–H groups in total. The molecule has 0 radical (unpaired) electrons. The molecule has 0 saturated carbocycles. The van der Waals surface area contributed by atoms with Gasteiger partial charge in [-0.15, -0.1) is 0 Å². The van der Waals surface area contributed by atoms with E-state index in [0.29, 0.717) is 24.5 Å². The molecule has 0 aromatic heterocycles. The number of amides is 1. The number of carbonyl (C=O) groups excluding carboxylic acids is 1. The molecule has 0 aliphatic heterocycles. The number of methoxy groups -OCH3 is 2. The number of nitrogens with one attached hydrogen (secondary N) is 1. The van der Waals surface area contributed by atoms with Gasteiger partial charge in [0.25, 0.3) is 0 Å². The molecule has 0 saturated heterocycles. The highest BCUT2D eigenvalue weighted by molar-refractivity contribution is 5.79. The van der Waals surface area contributed by atoms with Crippen LogP contribution in [0.4, 0.5) is 0 Å². The summed E-state index contributed by atoms with van der Waals surface area (Å²) in [6.45, 7) is 0.555. The molecule has 18 heavy (non-hydrogen) atoms. The average molecular weight is 253 g/mol. The first kappa shape index (κ1) is 14.3. The number of aliphatic hydroxyl groups excluding tert-OH is 1. The maximum atomic E-state index is 11.6. The summed E-state index contributed by atoms with van der Waals surface area (Å²) in [6.07, 6.45) is 0.810. The first-order chi connectivity index (χ1) is 8.71. The van der Waals surface area contributed by atoms with Gasteiger partial charge in [-0.1, -0.05) is 6.07 Å². The van der Waals surface area contributed by atoms with Crippen molar-refractivity contribution >= 4 is 5.91 Å². The van der Waals surface area contributed by atoms with Crippen molar-refractivity contribution in [3.05, 3.63) is 23.8 Å². The van der Waals surface area contributed by atoms with Crippen molar-refractivity contribution in [3.63, 3.8) is 0 Å². The maximum absolute atomic E-state index is 11.6. The quantitative estimate of drug-likeness (QED) is 0.703. The van der Waals surface area contributed by atoms with E-state index in [9.17, 15) is 4.79 Å². The molecular weight excluding hydrogens is 234 g/mol. The lowest BCUT2D eigenvalue weighted by atomic mass is 10.1. The number of ether oxygens (including phenoxy) is 2. The summed E-state index contributed by atoms with van der Waals surface area (Å²) >= 11 is 0. The van der Waals surface area contributed by atoms with Crippen molar-refractivity contribution in [1.29, 1.82) is 0 Å². The van der Waals surface area contributed by atoms with E-state index in [4.69, 9.17) is 14.6 Å². The Hall–Kier alpha value is -1.75. The van der Waals surface area contributed by atoms with Crippen LogP contribution in [0.1, 0.15) is 12.0 Å². The number of carbonyl (C=O) groups is 1. The van der Waals surface area contributed by atoms with Crippen LogP contribution in [0.15, 0.2) is 18.2 Å². The molecule has 0 fully saturated rings. The predicted molar refractivity (Wildman–Crippen MR) is 68.0 cm³/mol. The zero-order chi connectivity index (χ0) is 13.4. The lowest BCUT2D eigenvalue weighted by molar-refractivity contribution is -0.120. The molecule has 100 valence electrons. The summed E-state index contributed by atoms with van der Waals surface area (Å²) < 4.78 is 10.3. The molecule has 1 aromatic carbocycles. The second kappa shape index (κ2) is 7.55. The van der Waals surface area contributed by atoms with E-state index in [1.807, 2.05) is 6.07 Å². The molecule has 0 aliphatic rings. The van der Waals surface area contributed by atoms with Crippen molar-refractivity contribution < 1.29 is 19.4 Å². The van der Waals surface area contributed by atoms with Gasteiger partial charge in [-0.25, -0.2) is 0 Å². The molecule has 0 spiro atoms. The topological polar surface area (TPSA) is 67.8 Å². The third kappa shape index (κ3) is 4.25. The third-order valence-corrected chi connectivity index (χ3v) is 2.50. The highest BCUT2D eigenvalue weighted by atomic mass is 16.5. The number of rotatable bonds is 7. The van der Waals surface area contributed by atoms with Crippen LogP contribution >= 0.6 is 0 Å². The summed E-state index contributed by atoms with van der Waals surface area (Å²) in [7, 11) is 3.14. The van der Waals surface area contributed by atoms with Crippen LogP contribution in [0.5, 0.6) is 11.5 Å². The summed E-state index contributed by atoms with van der Waals surface area (Å²) in [5.74, 6) is 1.23. The molecule has 1 aromatic rings. The van der Waals surface area contributed by atoms with Gasteiger partial charge in [0.05, 0.1) is 20.6 Å². The van der Waals surface area contributed by atoms with Crippen LogP contribution in [0, 0.1) is 0 Å². The van der Waals surface area contributed by atoms with E-state index in [-0.39, 0.29) is 18.9 Å². The maximum Gasteiger partial charge on any atom is 0.224 e. The molecule has 1 amide bonds. The highest BCUT2D eigenvalue weighted by Gasteiger charge is 2.09. The zero-order valence-electron chi connectivity index (χ0n) is 10.7. The van der Waals surface area contributed by atoms with E-state index in [1.165, 1.54) is 0 Å². The van der Waals surface area contributed by atoms with Gasteiger partial charge in [-0.2, -0.15) is 0 Å². The van der Waals surface area contributed by atoms with Gasteiger partial charge in [-0.3, -0.25) is 4.79 Å². The Bertz CT molecular complexity index is 393. The number of benzene rings is 1. The van der Waals surface area contributed by atoms with Gasteiger partial charge in [0.1, 0.15) is 11.5 Å². The van der Waals surface area contributed by atoms with Crippen molar-refractivity contribution in [1.82, 2.24) is 5.32 Å². The van der Waals surface area contributed by atoms with Crippen LogP contribution in [-0.2, 0) is 11.2 Å². The normalized spacial score (nSPS) is 9.94. The minimum Gasteiger partial charge on any atom is -0.497 e. The van der Waals surface area contributed by atoms with Gasteiger partial charge < -0.3 is 19.9 Å². The second-order valence-electron chi connectivity index (χ2n) is 3.78. The van der Waals surface area contributed by atoms with Crippen LogP contribution in [0.2, 0.25) is 0 Å². The fourth-order valence-electron chi connectivity index (χ4n) is 1.54. The first-order valence-electron chi connectivity index (χ1n) is 5.79. The van der Waals surface area contributed by atoms with Crippen LogP contribution in [0.25, 0.3) is 0 Å². The number of hydrogen-bond acceptors (Lipinski definition) is 4. The van der Waals surface area contributed by atoms with Gasteiger partial charge >= 0.3 is 0 Å². The zero-order valence-corrected chi connectivity index (χ0v) is 10.7. The van der Waals surface area contributed by atoms with E-state index in [1.54, 1.807) is 26.4 Å². The fraction of sp³-hybridized carbons (Fsp3) is 0.462. The molecule has 5 nitrogen and oxygen atoms in total. The number of hydrogen-bond donors (Lipinski definition) is 2. The van der Waals surface area contributed by atoms with Crippen LogP contribution in [0.3, 0.4) is 0 Å². The van der Waals surface area contributed by atoms with Gasteiger partial charge in [0.2, 0.25) is 5.91 Å². The Balaban J connectivity index is 2.63. The van der Waals surface area contributed by atoms with E-state index in [2.05, 4.69) is 5.32 Å². The number of aliphatic hydroxyl groups is 1. The van der Waals surface area contributed by atoms with Crippen molar-refractivity contribution in [2.45, 2.75) is 12.8 Å². The summed E-state index contributed by atoms with van der Waals surface area (Å²) in [5, 5.41) is 11.3. The second-order valence-corrected chi connectivity index (χ2v) is 3.78. The summed E-state index contributed by atoms with van der Waals surface area (Å²) in [4.78, 5) is 11.6. The Morgan fingerprint density at radius 3 is 2.72 bits per heavy atom.